The average Bonchev–Trinajstić information content (AvgIpc) is 2.26. The third kappa shape index (κ3) is 3.55. The van der Waals surface area contributed by atoms with Crippen LogP contribution in [0.2, 0.25) is 0 Å². The summed E-state index contributed by atoms with van der Waals surface area (Å²) >= 11 is 0. The lowest BCUT2D eigenvalue weighted by atomic mass is 10.1. The quantitative estimate of drug-likeness (QED) is 0.656. The standard InChI is InChI=1S/C10H15N3O2/c1-12-9-6-7(4-5-13-9)2-3-8(11)10(14)15/h4-6,8H,2-3,11H2,1H3,(H,12,13)(H,14,15). The van der Waals surface area contributed by atoms with Crippen LogP contribution >= 0.6 is 0 Å². The van der Waals surface area contributed by atoms with Crippen molar-refractivity contribution in [3.05, 3.63) is 23.9 Å². The Morgan fingerprint density at radius 2 is 2.47 bits per heavy atom. The van der Waals surface area contributed by atoms with Gasteiger partial charge in [-0.2, -0.15) is 0 Å². The van der Waals surface area contributed by atoms with Gasteiger partial charge in [-0.1, -0.05) is 0 Å². The van der Waals surface area contributed by atoms with Crippen molar-refractivity contribution in [2.75, 3.05) is 12.4 Å². The highest BCUT2D eigenvalue weighted by atomic mass is 16.4. The van der Waals surface area contributed by atoms with Crippen LogP contribution in [-0.4, -0.2) is 29.1 Å². The highest BCUT2D eigenvalue weighted by Crippen LogP contribution is 2.08. The number of aliphatic carboxylic acids is 1. The smallest absolute Gasteiger partial charge is 0.320 e. The Labute approximate surface area is 88.3 Å². The minimum Gasteiger partial charge on any atom is -0.480 e. The van der Waals surface area contributed by atoms with Gasteiger partial charge in [-0.25, -0.2) is 4.98 Å². The summed E-state index contributed by atoms with van der Waals surface area (Å²) < 4.78 is 0. The van der Waals surface area contributed by atoms with Gasteiger partial charge in [0.2, 0.25) is 0 Å². The molecule has 0 saturated heterocycles. The molecule has 5 nitrogen and oxygen atoms in total. The number of hydrogen-bond donors (Lipinski definition) is 3. The number of aryl methyl sites for hydroxylation is 1. The van der Waals surface area contributed by atoms with Crippen LogP contribution in [0.5, 0.6) is 0 Å². The van der Waals surface area contributed by atoms with Crippen molar-refractivity contribution >= 4 is 11.8 Å². The van der Waals surface area contributed by atoms with Crippen LogP contribution in [0.25, 0.3) is 0 Å². The maximum atomic E-state index is 10.5. The molecule has 82 valence electrons. The Morgan fingerprint density at radius 1 is 1.73 bits per heavy atom. The Morgan fingerprint density at radius 3 is 3.07 bits per heavy atom. The molecule has 1 atom stereocenters. The molecular formula is C10H15N3O2. The van der Waals surface area contributed by atoms with Crippen LogP contribution in [0.15, 0.2) is 18.3 Å². The van der Waals surface area contributed by atoms with E-state index in [-0.39, 0.29) is 0 Å². The summed E-state index contributed by atoms with van der Waals surface area (Å²) in [5, 5.41) is 11.5. The van der Waals surface area contributed by atoms with E-state index in [4.69, 9.17) is 10.8 Å². The van der Waals surface area contributed by atoms with Gasteiger partial charge >= 0.3 is 5.97 Å². The number of nitrogens with zero attached hydrogens (tertiary/aromatic N) is 1. The molecule has 0 fully saturated rings. The lowest BCUT2D eigenvalue weighted by molar-refractivity contribution is -0.138. The van der Waals surface area contributed by atoms with E-state index in [9.17, 15) is 4.79 Å². The second kappa shape index (κ2) is 5.31. The van der Waals surface area contributed by atoms with E-state index in [0.29, 0.717) is 12.8 Å². The van der Waals surface area contributed by atoms with Gasteiger partial charge in [0, 0.05) is 13.2 Å². The number of pyridine rings is 1. The molecule has 0 aliphatic rings. The van der Waals surface area contributed by atoms with Gasteiger partial charge in [-0.3, -0.25) is 4.79 Å². The number of aromatic nitrogens is 1. The van der Waals surface area contributed by atoms with E-state index in [1.165, 1.54) is 0 Å². The lowest BCUT2D eigenvalue weighted by Crippen LogP contribution is -2.30. The molecule has 1 rings (SSSR count). The summed E-state index contributed by atoms with van der Waals surface area (Å²) in [7, 11) is 1.79. The average molecular weight is 209 g/mol. The zero-order valence-corrected chi connectivity index (χ0v) is 8.60. The highest BCUT2D eigenvalue weighted by molar-refractivity contribution is 5.73. The zero-order chi connectivity index (χ0) is 11.3. The number of nitrogens with one attached hydrogen (secondary N) is 1. The van der Waals surface area contributed by atoms with Gasteiger partial charge < -0.3 is 16.2 Å². The molecule has 5 heteroatoms. The predicted molar refractivity (Wildman–Crippen MR) is 57.7 cm³/mol. The van der Waals surface area contributed by atoms with Crippen LogP contribution < -0.4 is 11.1 Å². The molecule has 1 unspecified atom stereocenters. The van der Waals surface area contributed by atoms with Gasteiger partial charge in [-0.05, 0) is 30.5 Å². The molecule has 4 N–H and O–H groups in total. The number of carboxylic acids is 1. The number of carbonyl (C=O) groups is 1. The number of hydrogen-bond acceptors (Lipinski definition) is 4. The van der Waals surface area contributed by atoms with E-state index in [0.717, 1.165) is 11.4 Å². The molecule has 0 aliphatic carbocycles. The van der Waals surface area contributed by atoms with Gasteiger partial charge in [0.15, 0.2) is 0 Å². The summed E-state index contributed by atoms with van der Waals surface area (Å²) in [6.45, 7) is 0. The van der Waals surface area contributed by atoms with E-state index < -0.39 is 12.0 Å². The van der Waals surface area contributed by atoms with Crippen LogP contribution in [0.4, 0.5) is 5.82 Å². The molecule has 0 bridgehead atoms. The largest absolute Gasteiger partial charge is 0.480 e. The van der Waals surface area contributed by atoms with Crippen molar-refractivity contribution in [2.24, 2.45) is 5.73 Å². The summed E-state index contributed by atoms with van der Waals surface area (Å²) in [6.07, 6.45) is 2.76. The van der Waals surface area contributed by atoms with Gasteiger partial charge in [0.1, 0.15) is 11.9 Å². The van der Waals surface area contributed by atoms with Crippen LogP contribution in [0.1, 0.15) is 12.0 Å². The lowest BCUT2D eigenvalue weighted by Gasteiger charge is -2.07. The Balaban J connectivity index is 2.53. The van der Waals surface area contributed by atoms with Crippen molar-refractivity contribution < 1.29 is 9.90 Å². The Bertz CT molecular complexity index is 341. The first-order valence-corrected chi connectivity index (χ1v) is 4.74. The SMILES string of the molecule is CNc1cc(CCC(N)C(=O)O)ccn1. The Kier molecular flexibility index (Phi) is 4.05. The first-order valence-electron chi connectivity index (χ1n) is 4.74. The van der Waals surface area contributed by atoms with E-state index in [1.54, 1.807) is 13.2 Å². The second-order valence-electron chi connectivity index (χ2n) is 3.28. The molecule has 1 aromatic rings. The maximum absolute atomic E-state index is 10.5. The summed E-state index contributed by atoms with van der Waals surface area (Å²) in [5.41, 5.74) is 6.44. The number of nitrogens with two attached hydrogens (primary N) is 1. The number of rotatable bonds is 5. The fraction of sp³-hybridized carbons (Fsp3) is 0.400. The highest BCUT2D eigenvalue weighted by Gasteiger charge is 2.10. The predicted octanol–water partition coefficient (Wildman–Crippen LogP) is 0.468. The van der Waals surface area contributed by atoms with Crippen LogP contribution in [-0.2, 0) is 11.2 Å². The van der Waals surface area contributed by atoms with Gasteiger partial charge in [0.05, 0.1) is 0 Å². The van der Waals surface area contributed by atoms with E-state index >= 15 is 0 Å². The van der Waals surface area contributed by atoms with Gasteiger partial charge in [0.25, 0.3) is 0 Å². The zero-order valence-electron chi connectivity index (χ0n) is 8.60. The first-order chi connectivity index (χ1) is 7.13. The van der Waals surface area contributed by atoms with Crippen molar-refractivity contribution in [3.63, 3.8) is 0 Å². The van der Waals surface area contributed by atoms with Crippen molar-refractivity contribution in [3.8, 4) is 0 Å². The second-order valence-corrected chi connectivity index (χ2v) is 3.28. The van der Waals surface area contributed by atoms with Crippen LogP contribution in [0, 0.1) is 0 Å². The fourth-order valence-electron chi connectivity index (χ4n) is 1.21. The van der Waals surface area contributed by atoms with Gasteiger partial charge in [-0.15, -0.1) is 0 Å². The molecule has 1 heterocycles. The molecule has 0 spiro atoms. The third-order valence-corrected chi connectivity index (χ3v) is 2.14. The van der Waals surface area contributed by atoms with E-state index in [2.05, 4.69) is 10.3 Å². The number of anilines is 1. The number of carboxylic acid groups (broad SMARTS) is 1. The summed E-state index contributed by atoms with van der Waals surface area (Å²) in [5.74, 6) is -0.186. The molecule has 0 aromatic carbocycles. The summed E-state index contributed by atoms with van der Waals surface area (Å²) in [6, 6.07) is 2.94. The first kappa shape index (κ1) is 11.5. The molecule has 0 aliphatic heterocycles. The molecule has 0 amide bonds. The minimum absolute atomic E-state index is 0.433. The molecule has 0 radical (unpaired) electrons. The van der Waals surface area contributed by atoms with Crippen LogP contribution in [0.3, 0.4) is 0 Å². The normalized spacial score (nSPS) is 12.1. The molecule has 0 saturated carbocycles. The third-order valence-electron chi connectivity index (χ3n) is 2.14. The molecular weight excluding hydrogens is 194 g/mol. The Hall–Kier alpha value is -1.62. The topological polar surface area (TPSA) is 88.2 Å². The summed E-state index contributed by atoms with van der Waals surface area (Å²) in [4.78, 5) is 14.6. The maximum Gasteiger partial charge on any atom is 0.320 e. The van der Waals surface area contributed by atoms with E-state index in [1.807, 2.05) is 12.1 Å². The minimum atomic E-state index is -0.960. The van der Waals surface area contributed by atoms with Crippen molar-refractivity contribution in [1.29, 1.82) is 0 Å². The fourth-order valence-corrected chi connectivity index (χ4v) is 1.21. The molecule has 15 heavy (non-hydrogen) atoms. The molecule has 1 aromatic heterocycles. The van der Waals surface area contributed by atoms with Crippen molar-refractivity contribution in [2.45, 2.75) is 18.9 Å². The van der Waals surface area contributed by atoms with Crippen molar-refractivity contribution in [1.82, 2.24) is 4.98 Å². The monoisotopic (exact) mass is 209 g/mol.